The summed E-state index contributed by atoms with van der Waals surface area (Å²) in [5, 5.41) is 11.5. The van der Waals surface area contributed by atoms with Gasteiger partial charge in [0.05, 0.1) is 0 Å². The van der Waals surface area contributed by atoms with Crippen LogP contribution in [-0.4, -0.2) is 30.2 Å². The van der Waals surface area contributed by atoms with Gasteiger partial charge in [0.25, 0.3) is 0 Å². The number of benzene rings is 1. The largest absolute Gasteiger partial charge is 0.481 e. The van der Waals surface area contributed by atoms with Gasteiger partial charge in [0, 0.05) is 30.6 Å². The molecular formula is C17H22N2O3. The van der Waals surface area contributed by atoms with Crippen LogP contribution in [0.2, 0.25) is 0 Å². The summed E-state index contributed by atoms with van der Waals surface area (Å²) < 4.78 is 0. The molecule has 0 unspecified atom stereocenters. The van der Waals surface area contributed by atoms with Gasteiger partial charge in [-0.15, -0.1) is 0 Å². The van der Waals surface area contributed by atoms with Crippen molar-refractivity contribution in [2.24, 2.45) is 0 Å². The van der Waals surface area contributed by atoms with Crippen LogP contribution in [-0.2, 0) is 10.2 Å². The quantitative estimate of drug-likeness (QED) is 0.840. The average molecular weight is 302 g/mol. The van der Waals surface area contributed by atoms with E-state index in [0.717, 1.165) is 25.1 Å². The van der Waals surface area contributed by atoms with E-state index in [0.29, 0.717) is 13.0 Å². The van der Waals surface area contributed by atoms with Crippen LogP contribution in [0.15, 0.2) is 24.3 Å². The number of anilines is 1. The zero-order valence-corrected chi connectivity index (χ0v) is 12.7. The molecule has 1 aromatic carbocycles. The van der Waals surface area contributed by atoms with E-state index >= 15 is 0 Å². The minimum Gasteiger partial charge on any atom is -0.481 e. The molecule has 1 spiro atoms. The summed E-state index contributed by atoms with van der Waals surface area (Å²) in [6.45, 7) is 1.15. The van der Waals surface area contributed by atoms with Crippen LogP contribution in [0, 0.1) is 0 Å². The number of hydrogen-bond donors (Lipinski definition) is 2. The Labute approximate surface area is 130 Å². The Kier molecular flexibility index (Phi) is 4.05. The van der Waals surface area contributed by atoms with Gasteiger partial charge in [0.2, 0.25) is 0 Å². The zero-order valence-electron chi connectivity index (χ0n) is 12.7. The molecule has 0 radical (unpaired) electrons. The summed E-state index contributed by atoms with van der Waals surface area (Å²) in [6.07, 6.45) is 5.28. The normalized spacial score (nSPS) is 18.5. The maximum absolute atomic E-state index is 12.5. The van der Waals surface area contributed by atoms with Crippen molar-refractivity contribution in [3.63, 3.8) is 0 Å². The van der Waals surface area contributed by atoms with E-state index in [1.54, 1.807) is 0 Å². The second kappa shape index (κ2) is 5.99. The van der Waals surface area contributed by atoms with Gasteiger partial charge in [-0.2, -0.15) is 0 Å². The van der Waals surface area contributed by atoms with Crippen LogP contribution in [0.4, 0.5) is 10.5 Å². The third kappa shape index (κ3) is 2.67. The Morgan fingerprint density at radius 3 is 2.68 bits per heavy atom. The monoisotopic (exact) mass is 302 g/mol. The molecule has 1 fully saturated rings. The molecule has 3 rings (SSSR count). The van der Waals surface area contributed by atoms with Crippen molar-refractivity contribution in [1.82, 2.24) is 5.32 Å². The van der Waals surface area contributed by atoms with Crippen molar-refractivity contribution in [3.05, 3.63) is 29.8 Å². The van der Waals surface area contributed by atoms with Crippen molar-refractivity contribution in [2.75, 3.05) is 18.0 Å². The van der Waals surface area contributed by atoms with Crippen LogP contribution < -0.4 is 10.2 Å². The first-order valence-corrected chi connectivity index (χ1v) is 7.99. The van der Waals surface area contributed by atoms with Gasteiger partial charge in [-0.1, -0.05) is 31.0 Å². The predicted molar refractivity (Wildman–Crippen MR) is 84.2 cm³/mol. The fourth-order valence-electron chi connectivity index (χ4n) is 3.82. The van der Waals surface area contributed by atoms with Gasteiger partial charge in [0.1, 0.15) is 0 Å². The zero-order chi connectivity index (χ0) is 15.6. The average Bonchev–Trinajstić information content (AvgIpc) is 3.11. The molecule has 2 N–H and O–H groups in total. The van der Waals surface area contributed by atoms with Crippen molar-refractivity contribution in [2.45, 2.75) is 43.9 Å². The SMILES string of the molecule is O=C(O)CCCNC(=O)N1CC2(CCCC2)c2ccccc21. The number of rotatable bonds is 4. The first-order chi connectivity index (χ1) is 10.6. The molecule has 1 aromatic rings. The number of nitrogens with one attached hydrogen (secondary N) is 1. The summed E-state index contributed by atoms with van der Waals surface area (Å²) in [4.78, 5) is 24.8. The second-order valence-corrected chi connectivity index (χ2v) is 6.32. The molecule has 0 bridgehead atoms. The molecule has 5 heteroatoms. The summed E-state index contributed by atoms with van der Waals surface area (Å²) in [7, 11) is 0. The van der Waals surface area contributed by atoms with Crippen LogP contribution in [0.1, 0.15) is 44.1 Å². The molecule has 2 aliphatic rings. The number of aliphatic carboxylic acids is 1. The molecule has 0 aromatic heterocycles. The lowest BCUT2D eigenvalue weighted by Crippen LogP contribution is -2.42. The third-order valence-electron chi connectivity index (χ3n) is 4.88. The Morgan fingerprint density at radius 2 is 1.95 bits per heavy atom. The highest BCUT2D eigenvalue weighted by molar-refractivity contribution is 5.95. The first kappa shape index (κ1) is 14.9. The molecule has 118 valence electrons. The lowest BCUT2D eigenvalue weighted by atomic mass is 9.81. The minimum atomic E-state index is -0.828. The maximum Gasteiger partial charge on any atom is 0.321 e. The van der Waals surface area contributed by atoms with E-state index < -0.39 is 5.97 Å². The fraction of sp³-hybridized carbons (Fsp3) is 0.529. The molecule has 0 saturated heterocycles. The van der Waals surface area contributed by atoms with E-state index in [9.17, 15) is 9.59 Å². The summed E-state index contributed by atoms with van der Waals surface area (Å²) in [5.41, 5.74) is 2.45. The highest BCUT2D eigenvalue weighted by Gasteiger charge is 2.45. The Morgan fingerprint density at radius 1 is 1.23 bits per heavy atom. The van der Waals surface area contributed by atoms with Crippen LogP contribution in [0.25, 0.3) is 0 Å². The summed E-state index contributed by atoms with van der Waals surface area (Å²) in [6, 6.07) is 8.07. The van der Waals surface area contributed by atoms with Gasteiger partial charge in [-0.05, 0) is 30.9 Å². The molecule has 1 aliphatic heterocycles. The molecule has 1 aliphatic carbocycles. The van der Waals surface area contributed by atoms with Crippen LogP contribution >= 0.6 is 0 Å². The van der Waals surface area contributed by atoms with Crippen molar-refractivity contribution in [3.8, 4) is 0 Å². The molecule has 2 amide bonds. The number of para-hydroxylation sites is 1. The van der Waals surface area contributed by atoms with Crippen LogP contribution in [0.3, 0.4) is 0 Å². The number of nitrogens with zero attached hydrogens (tertiary/aromatic N) is 1. The summed E-state index contributed by atoms with van der Waals surface area (Å²) >= 11 is 0. The Hall–Kier alpha value is -2.04. The third-order valence-corrected chi connectivity index (χ3v) is 4.88. The van der Waals surface area contributed by atoms with Crippen molar-refractivity contribution < 1.29 is 14.7 Å². The smallest absolute Gasteiger partial charge is 0.321 e. The van der Waals surface area contributed by atoms with Gasteiger partial charge >= 0.3 is 12.0 Å². The molecule has 0 atom stereocenters. The lowest BCUT2D eigenvalue weighted by molar-refractivity contribution is -0.137. The fourth-order valence-corrected chi connectivity index (χ4v) is 3.82. The van der Waals surface area contributed by atoms with E-state index in [1.165, 1.54) is 18.4 Å². The number of carbonyl (C=O) groups is 2. The number of hydrogen-bond acceptors (Lipinski definition) is 2. The molecule has 1 heterocycles. The number of fused-ring (bicyclic) bond motifs is 2. The first-order valence-electron chi connectivity index (χ1n) is 7.99. The topological polar surface area (TPSA) is 69.6 Å². The van der Waals surface area contributed by atoms with Gasteiger partial charge in [-0.25, -0.2) is 4.79 Å². The lowest BCUT2D eigenvalue weighted by Gasteiger charge is -2.24. The highest BCUT2D eigenvalue weighted by Crippen LogP contribution is 2.50. The molecule has 22 heavy (non-hydrogen) atoms. The maximum atomic E-state index is 12.5. The van der Waals surface area contributed by atoms with Gasteiger partial charge in [0.15, 0.2) is 0 Å². The number of carboxylic acids is 1. The predicted octanol–water partition coefficient (Wildman–Crippen LogP) is 2.89. The van der Waals surface area contributed by atoms with Crippen LogP contribution in [0.5, 0.6) is 0 Å². The summed E-state index contributed by atoms with van der Waals surface area (Å²) in [5.74, 6) is -0.828. The standard InChI is InChI=1S/C17H22N2O3/c20-15(21)8-5-11-18-16(22)19-12-17(9-3-4-10-17)13-6-1-2-7-14(13)19/h1-2,6-7H,3-5,8-12H2,(H,18,22)(H,20,21). The molecular weight excluding hydrogens is 280 g/mol. The molecule has 5 nitrogen and oxygen atoms in total. The minimum absolute atomic E-state index is 0.0841. The van der Waals surface area contributed by atoms with E-state index in [-0.39, 0.29) is 17.9 Å². The van der Waals surface area contributed by atoms with E-state index in [4.69, 9.17) is 5.11 Å². The van der Waals surface area contributed by atoms with Crippen molar-refractivity contribution in [1.29, 1.82) is 0 Å². The van der Waals surface area contributed by atoms with Crippen molar-refractivity contribution >= 4 is 17.7 Å². The number of carboxylic acid groups (broad SMARTS) is 1. The molecule has 1 saturated carbocycles. The van der Waals surface area contributed by atoms with E-state index in [1.807, 2.05) is 23.1 Å². The second-order valence-electron chi connectivity index (χ2n) is 6.32. The number of carbonyl (C=O) groups excluding carboxylic acids is 1. The highest BCUT2D eigenvalue weighted by atomic mass is 16.4. The Balaban J connectivity index is 1.70. The van der Waals surface area contributed by atoms with E-state index in [2.05, 4.69) is 11.4 Å². The number of urea groups is 1. The van der Waals surface area contributed by atoms with Gasteiger partial charge < -0.3 is 10.4 Å². The Bertz CT molecular complexity index is 579. The van der Waals surface area contributed by atoms with Gasteiger partial charge in [-0.3, -0.25) is 9.69 Å². The number of amides is 2.